The molecular weight excluding hydrogens is 498 g/mol. The van der Waals surface area contributed by atoms with Crippen LogP contribution in [0.4, 0.5) is 5.69 Å². The van der Waals surface area contributed by atoms with Crippen LogP contribution in [-0.4, -0.2) is 50.0 Å². The summed E-state index contributed by atoms with van der Waals surface area (Å²) in [5, 5.41) is 2.95. The Kier molecular flexibility index (Phi) is 9.69. The molecular formula is C30H37N3O4S. The zero-order valence-electron chi connectivity index (χ0n) is 22.7. The number of rotatable bonds is 11. The van der Waals surface area contributed by atoms with Crippen LogP contribution in [0.2, 0.25) is 0 Å². The van der Waals surface area contributed by atoms with Crippen molar-refractivity contribution < 1.29 is 18.0 Å². The molecule has 3 rings (SSSR count). The molecule has 0 saturated carbocycles. The number of anilines is 1. The van der Waals surface area contributed by atoms with Crippen molar-refractivity contribution in [2.24, 2.45) is 0 Å². The standard InChI is InChI=1S/C30H37N3O4S/c1-22(2)31-30(35)28(19-25-9-7-6-8-10-25)32(20-26-15-11-23(3)12-16-26)29(34)21-33(38(5,36)37)27-17-13-24(4)14-18-27/h6-18,22,28H,19-21H2,1-5H3,(H,31,35). The van der Waals surface area contributed by atoms with Crippen molar-refractivity contribution in [3.8, 4) is 0 Å². The summed E-state index contributed by atoms with van der Waals surface area (Å²) in [7, 11) is -3.78. The highest BCUT2D eigenvalue weighted by molar-refractivity contribution is 7.92. The summed E-state index contributed by atoms with van der Waals surface area (Å²) < 4.78 is 26.7. The van der Waals surface area contributed by atoms with E-state index < -0.39 is 28.5 Å². The van der Waals surface area contributed by atoms with Gasteiger partial charge in [-0.1, -0.05) is 77.9 Å². The van der Waals surface area contributed by atoms with Gasteiger partial charge in [-0.2, -0.15) is 0 Å². The van der Waals surface area contributed by atoms with Gasteiger partial charge in [-0.05, 0) is 51.0 Å². The van der Waals surface area contributed by atoms with Crippen molar-refractivity contribution in [3.63, 3.8) is 0 Å². The fourth-order valence-corrected chi connectivity index (χ4v) is 5.00. The van der Waals surface area contributed by atoms with Gasteiger partial charge in [-0.15, -0.1) is 0 Å². The molecule has 3 aromatic rings. The first-order chi connectivity index (χ1) is 17.9. The minimum Gasteiger partial charge on any atom is -0.352 e. The molecule has 0 aliphatic carbocycles. The highest BCUT2D eigenvalue weighted by Gasteiger charge is 2.33. The van der Waals surface area contributed by atoms with E-state index in [0.29, 0.717) is 12.1 Å². The van der Waals surface area contributed by atoms with Crippen LogP contribution < -0.4 is 9.62 Å². The Morgan fingerprint density at radius 3 is 1.89 bits per heavy atom. The molecule has 8 heteroatoms. The lowest BCUT2D eigenvalue weighted by atomic mass is 10.0. The summed E-state index contributed by atoms with van der Waals surface area (Å²) in [5.74, 6) is -0.748. The van der Waals surface area contributed by atoms with Gasteiger partial charge in [0.1, 0.15) is 12.6 Å². The maximum atomic E-state index is 14.0. The van der Waals surface area contributed by atoms with E-state index in [9.17, 15) is 18.0 Å². The number of nitrogens with zero attached hydrogens (tertiary/aromatic N) is 2. The second-order valence-corrected chi connectivity index (χ2v) is 11.9. The van der Waals surface area contributed by atoms with Crippen molar-refractivity contribution in [2.45, 2.75) is 52.7 Å². The Labute approximate surface area is 226 Å². The van der Waals surface area contributed by atoms with Crippen molar-refractivity contribution in [3.05, 3.63) is 101 Å². The molecule has 0 heterocycles. The average Bonchev–Trinajstić information content (AvgIpc) is 2.86. The highest BCUT2D eigenvalue weighted by Crippen LogP contribution is 2.21. The Morgan fingerprint density at radius 2 is 1.37 bits per heavy atom. The summed E-state index contributed by atoms with van der Waals surface area (Å²) >= 11 is 0. The van der Waals surface area contributed by atoms with Crippen molar-refractivity contribution in [1.29, 1.82) is 0 Å². The number of sulfonamides is 1. The first-order valence-corrected chi connectivity index (χ1v) is 14.5. The third-order valence-corrected chi connectivity index (χ3v) is 7.32. The monoisotopic (exact) mass is 535 g/mol. The first-order valence-electron chi connectivity index (χ1n) is 12.7. The van der Waals surface area contributed by atoms with Crippen LogP contribution in [0.5, 0.6) is 0 Å². The van der Waals surface area contributed by atoms with Gasteiger partial charge in [-0.3, -0.25) is 13.9 Å². The molecule has 0 aromatic heterocycles. The zero-order chi connectivity index (χ0) is 27.9. The van der Waals surface area contributed by atoms with Gasteiger partial charge < -0.3 is 10.2 Å². The van der Waals surface area contributed by atoms with Gasteiger partial charge in [0.05, 0.1) is 11.9 Å². The molecule has 2 amide bonds. The first kappa shape index (κ1) is 28.9. The Bertz CT molecular complexity index is 1320. The number of aryl methyl sites for hydroxylation is 2. The van der Waals surface area contributed by atoms with Crippen molar-refractivity contribution in [1.82, 2.24) is 10.2 Å². The largest absolute Gasteiger partial charge is 0.352 e. The summed E-state index contributed by atoms with van der Waals surface area (Å²) in [5.41, 5.74) is 4.20. The van der Waals surface area contributed by atoms with Crippen LogP contribution in [0.3, 0.4) is 0 Å². The third kappa shape index (κ3) is 8.18. The molecule has 202 valence electrons. The SMILES string of the molecule is Cc1ccc(CN(C(=O)CN(c2ccc(C)cc2)S(C)(=O)=O)C(Cc2ccccc2)C(=O)NC(C)C)cc1. The second-order valence-electron chi connectivity index (χ2n) is 9.98. The Balaban J connectivity index is 2.04. The lowest BCUT2D eigenvalue weighted by Gasteiger charge is -2.34. The van der Waals surface area contributed by atoms with Gasteiger partial charge in [-0.25, -0.2) is 8.42 Å². The maximum absolute atomic E-state index is 14.0. The molecule has 0 fully saturated rings. The average molecular weight is 536 g/mol. The Morgan fingerprint density at radius 1 is 0.816 bits per heavy atom. The number of nitrogens with one attached hydrogen (secondary N) is 1. The normalized spacial score (nSPS) is 12.2. The van der Waals surface area contributed by atoms with Gasteiger partial charge in [0, 0.05) is 19.0 Å². The molecule has 0 spiro atoms. The summed E-state index contributed by atoms with van der Waals surface area (Å²) in [4.78, 5) is 29.0. The molecule has 1 atom stereocenters. The van der Waals surface area contributed by atoms with E-state index in [4.69, 9.17) is 0 Å². The number of benzene rings is 3. The lowest BCUT2D eigenvalue weighted by molar-refractivity contribution is -0.140. The molecule has 7 nitrogen and oxygen atoms in total. The van der Waals surface area contributed by atoms with E-state index in [-0.39, 0.29) is 18.5 Å². The van der Waals surface area contributed by atoms with Gasteiger partial charge in [0.15, 0.2) is 0 Å². The lowest BCUT2D eigenvalue weighted by Crippen LogP contribution is -2.54. The van der Waals surface area contributed by atoms with Crippen LogP contribution in [0.25, 0.3) is 0 Å². The molecule has 0 bridgehead atoms. The second kappa shape index (κ2) is 12.7. The highest BCUT2D eigenvalue weighted by atomic mass is 32.2. The van der Waals surface area contributed by atoms with Crippen LogP contribution in [-0.2, 0) is 32.6 Å². The molecule has 0 aliphatic rings. The number of carbonyl (C=O) groups is 2. The van der Waals surface area contributed by atoms with Gasteiger partial charge in [0.25, 0.3) is 0 Å². The zero-order valence-corrected chi connectivity index (χ0v) is 23.5. The van der Waals surface area contributed by atoms with E-state index in [1.54, 1.807) is 24.3 Å². The quantitative estimate of drug-likeness (QED) is 0.398. The van der Waals surface area contributed by atoms with Crippen LogP contribution in [0, 0.1) is 13.8 Å². The van der Waals surface area contributed by atoms with E-state index in [1.165, 1.54) is 4.90 Å². The van der Waals surface area contributed by atoms with Gasteiger partial charge in [0.2, 0.25) is 21.8 Å². The van der Waals surface area contributed by atoms with Crippen molar-refractivity contribution >= 4 is 27.5 Å². The molecule has 0 radical (unpaired) electrons. The summed E-state index contributed by atoms with van der Waals surface area (Å²) in [6, 6.07) is 23.3. The number of amides is 2. The smallest absolute Gasteiger partial charge is 0.244 e. The fourth-order valence-electron chi connectivity index (χ4n) is 4.15. The molecule has 1 N–H and O–H groups in total. The molecule has 0 aliphatic heterocycles. The predicted molar refractivity (Wildman–Crippen MR) is 152 cm³/mol. The van der Waals surface area contributed by atoms with E-state index in [0.717, 1.165) is 32.8 Å². The molecule has 38 heavy (non-hydrogen) atoms. The number of hydrogen-bond donors (Lipinski definition) is 1. The Hall–Kier alpha value is -3.65. The molecule has 1 unspecified atom stereocenters. The minimum atomic E-state index is -3.78. The maximum Gasteiger partial charge on any atom is 0.244 e. The van der Waals surface area contributed by atoms with Crippen LogP contribution in [0.1, 0.15) is 36.1 Å². The number of hydrogen-bond acceptors (Lipinski definition) is 4. The van der Waals surface area contributed by atoms with E-state index >= 15 is 0 Å². The fraction of sp³-hybridized carbons (Fsp3) is 0.333. The molecule has 0 saturated heterocycles. The van der Waals surface area contributed by atoms with Crippen LogP contribution >= 0.6 is 0 Å². The van der Waals surface area contributed by atoms with Crippen LogP contribution in [0.15, 0.2) is 78.9 Å². The third-order valence-electron chi connectivity index (χ3n) is 6.18. The van der Waals surface area contributed by atoms with E-state index in [2.05, 4.69) is 5.32 Å². The van der Waals surface area contributed by atoms with E-state index in [1.807, 2.05) is 82.3 Å². The van der Waals surface area contributed by atoms with Crippen molar-refractivity contribution in [2.75, 3.05) is 17.1 Å². The number of carbonyl (C=O) groups excluding carboxylic acids is 2. The topological polar surface area (TPSA) is 86.8 Å². The minimum absolute atomic E-state index is 0.128. The predicted octanol–water partition coefficient (Wildman–Crippen LogP) is 4.23. The summed E-state index contributed by atoms with van der Waals surface area (Å²) in [6.45, 7) is 7.36. The van der Waals surface area contributed by atoms with Gasteiger partial charge >= 0.3 is 0 Å². The summed E-state index contributed by atoms with van der Waals surface area (Å²) in [6.07, 6.45) is 1.37. The molecule has 3 aromatic carbocycles.